The van der Waals surface area contributed by atoms with Crippen molar-refractivity contribution in [2.45, 2.75) is 25.8 Å². The lowest BCUT2D eigenvalue weighted by Crippen LogP contribution is -2.21. The van der Waals surface area contributed by atoms with Crippen LogP contribution in [0.4, 0.5) is 0 Å². The minimum Gasteiger partial charge on any atom is -0.468 e. The van der Waals surface area contributed by atoms with Crippen molar-refractivity contribution in [3.63, 3.8) is 0 Å². The van der Waals surface area contributed by atoms with E-state index in [1.54, 1.807) is 6.26 Å². The van der Waals surface area contributed by atoms with Crippen LogP contribution in [0.15, 0.2) is 35.2 Å². The molecule has 0 fully saturated rings. The van der Waals surface area contributed by atoms with Crippen molar-refractivity contribution in [3.8, 4) is 0 Å². The van der Waals surface area contributed by atoms with Crippen molar-refractivity contribution < 1.29 is 4.42 Å². The van der Waals surface area contributed by atoms with E-state index in [4.69, 9.17) is 4.42 Å². The van der Waals surface area contributed by atoms with E-state index in [0.717, 1.165) is 31.0 Å². The highest BCUT2D eigenvalue weighted by atomic mass is 16.3. The van der Waals surface area contributed by atoms with Gasteiger partial charge in [0.15, 0.2) is 0 Å². The second-order valence-corrected chi connectivity index (χ2v) is 4.12. The van der Waals surface area contributed by atoms with Crippen molar-refractivity contribution in [2.24, 2.45) is 7.05 Å². The predicted molar refractivity (Wildman–Crippen MR) is 66.7 cm³/mol. The van der Waals surface area contributed by atoms with Crippen LogP contribution in [0.2, 0.25) is 0 Å². The molecule has 1 unspecified atom stereocenters. The molecule has 0 aliphatic heterocycles. The molecule has 17 heavy (non-hydrogen) atoms. The summed E-state index contributed by atoms with van der Waals surface area (Å²) < 4.78 is 7.52. The van der Waals surface area contributed by atoms with Crippen molar-refractivity contribution in [2.75, 3.05) is 6.54 Å². The maximum atomic E-state index is 5.46. The van der Waals surface area contributed by atoms with Crippen LogP contribution in [0.1, 0.15) is 31.0 Å². The zero-order chi connectivity index (χ0) is 12.1. The van der Waals surface area contributed by atoms with E-state index in [2.05, 4.69) is 21.8 Å². The largest absolute Gasteiger partial charge is 0.468 e. The fourth-order valence-electron chi connectivity index (χ4n) is 1.99. The Labute approximate surface area is 102 Å². The third kappa shape index (κ3) is 2.97. The third-order valence-electron chi connectivity index (χ3n) is 2.91. The van der Waals surface area contributed by atoms with Gasteiger partial charge in [-0.2, -0.15) is 0 Å². The van der Waals surface area contributed by atoms with Crippen LogP contribution in [-0.2, 0) is 13.5 Å². The number of rotatable bonds is 6. The summed E-state index contributed by atoms with van der Waals surface area (Å²) in [5.41, 5.74) is 0. The van der Waals surface area contributed by atoms with E-state index in [9.17, 15) is 0 Å². The van der Waals surface area contributed by atoms with Crippen LogP contribution < -0.4 is 5.32 Å². The minimum atomic E-state index is 0.270. The number of hydrogen-bond donors (Lipinski definition) is 1. The van der Waals surface area contributed by atoms with Crippen LogP contribution in [0.25, 0.3) is 0 Å². The number of aryl methyl sites for hydroxylation is 2. The molecule has 0 aliphatic carbocycles. The van der Waals surface area contributed by atoms with Crippen LogP contribution in [0.3, 0.4) is 0 Å². The Morgan fingerprint density at radius 2 is 2.41 bits per heavy atom. The summed E-state index contributed by atoms with van der Waals surface area (Å²) in [6.07, 6.45) is 7.48. The summed E-state index contributed by atoms with van der Waals surface area (Å²) >= 11 is 0. The molecule has 2 aromatic heterocycles. The van der Waals surface area contributed by atoms with Crippen molar-refractivity contribution in [1.29, 1.82) is 0 Å². The zero-order valence-electron chi connectivity index (χ0n) is 10.4. The van der Waals surface area contributed by atoms with Crippen LogP contribution >= 0.6 is 0 Å². The summed E-state index contributed by atoms with van der Waals surface area (Å²) in [5, 5.41) is 3.44. The lowest BCUT2D eigenvalue weighted by molar-refractivity contribution is 0.398. The molecule has 0 bridgehead atoms. The van der Waals surface area contributed by atoms with Gasteiger partial charge in [0.1, 0.15) is 11.6 Å². The fraction of sp³-hybridized carbons (Fsp3) is 0.462. The number of nitrogens with zero attached hydrogens (tertiary/aromatic N) is 2. The lowest BCUT2D eigenvalue weighted by atomic mass is 10.1. The van der Waals surface area contributed by atoms with E-state index in [1.807, 2.05) is 31.6 Å². The third-order valence-corrected chi connectivity index (χ3v) is 2.91. The highest BCUT2D eigenvalue weighted by molar-refractivity contribution is 5.05. The minimum absolute atomic E-state index is 0.270. The Bertz CT molecular complexity index is 433. The van der Waals surface area contributed by atoms with Gasteiger partial charge < -0.3 is 14.3 Å². The Kier molecular flexibility index (Phi) is 3.98. The van der Waals surface area contributed by atoms with Gasteiger partial charge in [-0.1, -0.05) is 6.92 Å². The zero-order valence-corrected chi connectivity index (χ0v) is 10.4. The second kappa shape index (κ2) is 5.68. The number of nitrogens with one attached hydrogen (secondary N) is 1. The second-order valence-electron chi connectivity index (χ2n) is 4.12. The van der Waals surface area contributed by atoms with E-state index in [0.29, 0.717) is 0 Å². The standard InChI is InChI=1S/C13H19N3O/c1-3-14-11(12-5-4-10-17-12)6-7-13-15-8-9-16(13)2/h4-5,8-11,14H,3,6-7H2,1-2H3. The summed E-state index contributed by atoms with van der Waals surface area (Å²) in [6, 6.07) is 4.22. The van der Waals surface area contributed by atoms with E-state index in [-0.39, 0.29) is 6.04 Å². The van der Waals surface area contributed by atoms with Crippen LogP contribution in [0, 0.1) is 0 Å². The van der Waals surface area contributed by atoms with Gasteiger partial charge in [0.25, 0.3) is 0 Å². The number of furan rings is 1. The maximum Gasteiger partial charge on any atom is 0.120 e. The molecule has 4 nitrogen and oxygen atoms in total. The van der Waals surface area contributed by atoms with E-state index in [1.165, 1.54) is 0 Å². The number of aromatic nitrogens is 2. The molecule has 0 amide bonds. The molecule has 2 heterocycles. The van der Waals surface area contributed by atoms with Crippen molar-refractivity contribution >= 4 is 0 Å². The molecule has 2 rings (SSSR count). The van der Waals surface area contributed by atoms with Gasteiger partial charge in [0.05, 0.1) is 12.3 Å². The van der Waals surface area contributed by atoms with Crippen LogP contribution in [-0.4, -0.2) is 16.1 Å². The van der Waals surface area contributed by atoms with Gasteiger partial charge >= 0.3 is 0 Å². The molecule has 92 valence electrons. The summed E-state index contributed by atoms with van der Waals surface area (Å²) in [7, 11) is 2.03. The van der Waals surface area contributed by atoms with Crippen molar-refractivity contribution in [3.05, 3.63) is 42.4 Å². The van der Waals surface area contributed by atoms with Gasteiger partial charge in [-0.3, -0.25) is 0 Å². The van der Waals surface area contributed by atoms with Gasteiger partial charge in [0.2, 0.25) is 0 Å². The summed E-state index contributed by atoms with van der Waals surface area (Å²) in [5.74, 6) is 2.11. The van der Waals surface area contributed by atoms with E-state index < -0.39 is 0 Å². The normalized spacial score (nSPS) is 12.8. The molecule has 4 heteroatoms. The monoisotopic (exact) mass is 233 g/mol. The van der Waals surface area contributed by atoms with Gasteiger partial charge in [-0.05, 0) is 25.1 Å². The fourth-order valence-corrected chi connectivity index (χ4v) is 1.99. The van der Waals surface area contributed by atoms with Gasteiger partial charge in [-0.25, -0.2) is 4.98 Å². The molecule has 0 radical (unpaired) electrons. The van der Waals surface area contributed by atoms with Crippen molar-refractivity contribution in [1.82, 2.24) is 14.9 Å². The molecular weight excluding hydrogens is 214 g/mol. The van der Waals surface area contributed by atoms with E-state index >= 15 is 0 Å². The molecule has 1 atom stereocenters. The predicted octanol–water partition coefficient (Wildman–Crippen LogP) is 2.30. The molecule has 0 aliphatic rings. The Morgan fingerprint density at radius 1 is 1.53 bits per heavy atom. The first-order valence-electron chi connectivity index (χ1n) is 6.04. The number of imidazole rings is 1. The Balaban J connectivity index is 1.97. The smallest absolute Gasteiger partial charge is 0.120 e. The summed E-state index contributed by atoms with van der Waals surface area (Å²) in [4.78, 5) is 4.33. The quantitative estimate of drug-likeness (QED) is 0.832. The maximum absolute atomic E-state index is 5.46. The first-order valence-corrected chi connectivity index (χ1v) is 6.04. The summed E-state index contributed by atoms with van der Waals surface area (Å²) in [6.45, 7) is 3.04. The molecule has 2 aromatic rings. The Hall–Kier alpha value is -1.55. The molecule has 1 N–H and O–H groups in total. The average molecular weight is 233 g/mol. The molecule has 0 saturated carbocycles. The topological polar surface area (TPSA) is 43.0 Å². The molecular formula is C13H19N3O. The highest BCUT2D eigenvalue weighted by Crippen LogP contribution is 2.19. The SMILES string of the molecule is CCNC(CCc1nccn1C)c1ccco1. The average Bonchev–Trinajstić information content (AvgIpc) is 2.96. The Morgan fingerprint density at radius 3 is 3.00 bits per heavy atom. The molecule has 0 saturated heterocycles. The lowest BCUT2D eigenvalue weighted by Gasteiger charge is -2.15. The first-order chi connectivity index (χ1) is 8.31. The highest BCUT2D eigenvalue weighted by Gasteiger charge is 2.13. The molecule has 0 spiro atoms. The van der Waals surface area contributed by atoms with Gasteiger partial charge in [0, 0.05) is 25.9 Å². The first kappa shape index (κ1) is 11.9. The van der Waals surface area contributed by atoms with Crippen LogP contribution in [0.5, 0.6) is 0 Å². The number of hydrogen-bond acceptors (Lipinski definition) is 3. The molecule has 0 aromatic carbocycles. The van der Waals surface area contributed by atoms with Gasteiger partial charge in [-0.15, -0.1) is 0 Å².